The quantitative estimate of drug-likeness (QED) is 0.0293. The number of nitrogens with zero attached hydrogens (tertiary/aromatic N) is 2. The third-order valence-corrected chi connectivity index (χ3v) is 15.1. The molecule has 0 unspecified atom stereocenters. The van der Waals surface area contributed by atoms with Crippen molar-refractivity contribution in [1.82, 2.24) is 4.90 Å². The molecule has 0 aromatic heterocycles. The van der Waals surface area contributed by atoms with E-state index in [1.54, 1.807) is 12.1 Å². The Balaban J connectivity index is 0.000000236. The number of anilines is 2. The predicted octanol–water partition coefficient (Wildman–Crippen LogP) is 11.9. The molecule has 78 heavy (non-hydrogen) atoms. The van der Waals surface area contributed by atoms with E-state index in [2.05, 4.69) is 31.5 Å². The number of nitrogens with one attached hydrogen (secondary N) is 2. The second kappa shape index (κ2) is 29.3. The summed E-state index contributed by atoms with van der Waals surface area (Å²) in [4.78, 5) is 74.7. The van der Waals surface area contributed by atoms with Gasteiger partial charge < -0.3 is 34.8 Å². The summed E-state index contributed by atoms with van der Waals surface area (Å²) < 4.78 is 12.7. The van der Waals surface area contributed by atoms with Gasteiger partial charge in [-0.25, -0.2) is 19.2 Å². The normalized spacial score (nSPS) is 20.9. The van der Waals surface area contributed by atoms with Crippen LogP contribution >= 0.6 is 15.9 Å². The zero-order valence-electron chi connectivity index (χ0n) is 41.5. The molecule has 4 atom stereocenters. The largest absolute Gasteiger partial charge is 0.478 e. The molecule has 6 saturated heterocycles. The van der Waals surface area contributed by atoms with Crippen LogP contribution in [0.2, 0.25) is 0 Å². The number of benzene rings is 6. The summed E-state index contributed by atoms with van der Waals surface area (Å²) in [6.45, 7) is 5.85. The molecule has 0 amide bonds. The lowest BCUT2D eigenvalue weighted by Gasteiger charge is -2.51. The molecule has 6 fully saturated rings. The first-order valence-electron chi connectivity index (χ1n) is 25.4. The van der Waals surface area contributed by atoms with Gasteiger partial charge in [0.15, 0.2) is 24.0 Å². The molecule has 6 aliphatic heterocycles. The summed E-state index contributed by atoms with van der Waals surface area (Å²) in [5.74, 6) is -1.77. The van der Waals surface area contributed by atoms with E-state index in [0.717, 1.165) is 80.9 Å². The van der Waals surface area contributed by atoms with Gasteiger partial charge in [-0.15, -0.1) is 0 Å². The fraction of sp³-hybridized carbons (Fsp3) is 0.333. The van der Waals surface area contributed by atoms with Gasteiger partial charge in [0.2, 0.25) is 5.78 Å². The van der Waals surface area contributed by atoms with Crippen molar-refractivity contribution in [2.45, 2.75) is 72.3 Å². The topological polar surface area (TPSA) is 189 Å². The third-order valence-electron chi connectivity index (χ3n) is 14.6. The maximum Gasteiger partial charge on any atom is 0.335 e. The van der Waals surface area contributed by atoms with Crippen molar-refractivity contribution in [2.24, 2.45) is 11.8 Å². The third kappa shape index (κ3) is 16.3. The molecule has 14 nitrogen and oxygen atoms in total. The summed E-state index contributed by atoms with van der Waals surface area (Å²) in [6, 6.07) is 49.6. The van der Waals surface area contributed by atoms with Gasteiger partial charge in [-0.1, -0.05) is 160 Å². The van der Waals surface area contributed by atoms with Gasteiger partial charge in [-0.05, 0) is 91.5 Å². The number of esters is 2. The zero-order chi connectivity index (χ0) is 52.7. The molecule has 6 aromatic rings. The van der Waals surface area contributed by atoms with Gasteiger partial charge in [0, 0.05) is 47.8 Å². The van der Waals surface area contributed by atoms with Crippen LogP contribution in [0.4, 0.5) is 11.4 Å². The molecule has 4 bridgehead atoms. The smallest absolute Gasteiger partial charge is 0.335 e. The Bertz CT molecular complexity index is 2860. The predicted molar refractivity (Wildman–Crippen MR) is 309 cm³/mol. The Labute approximate surface area is 467 Å². The Hall–Kier alpha value is -7.46. The van der Waals surface area contributed by atoms with E-state index in [1.165, 1.54) is 36.4 Å². The number of Topliss-reactive ketones (excluding diaryl/α,β-unsaturated/α-hetero) is 2. The minimum absolute atomic E-state index is 0. The van der Waals surface area contributed by atoms with E-state index in [9.17, 15) is 28.8 Å². The van der Waals surface area contributed by atoms with Crippen molar-refractivity contribution in [1.29, 1.82) is 0 Å². The summed E-state index contributed by atoms with van der Waals surface area (Å²) >= 11 is 3.03. The van der Waals surface area contributed by atoms with Crippen molar-refractivity contribution in [3.63, 3.8) is 0 Å². The molecule has 12 rings (SSSR count). The maximum atomic E-state index is 13.5. The molecule has 4 N–H and O–H groups in total. The number of hydrogen-bond acceptors (Lipinski definition) is 11. The molecule has 0 aliphatic carbocycles. The van der Waals surface area contributed by atoms with Gasteiger partial charge in [0.1, 0.15) is 19.2 Å². The molecular formula is C63H74BrN4O10+. The molecule has 6 heterocycles. The van der Waals surface area contributed by atoms with E-state index in [4.69, 9.17) is 19.7 Å². The molecule has 6 aliphatic rings. The zero-order valence-corrected chi connectivity index (χ0v) is 43.1. The number of halogens is 1. The average Bonchev–Trinajstić information content (AvgIpc) is 3.46. The number of ketones is 2. The molecule has 0 spiro atoms. The molecule has 0 radical (unpaired) electrons. The summed E-state index contributed by atoms with van der Waals surface area (Å²) in [5, 5.41) is 24.6. The van der Waals surface area contributed by atoms with Crippen LogP contribution in [-0.4, -0.2) is 118 Å². The summed E-state index contributed by atoms with van der Waals surface area (Å²) in [5.41, 5.74) is 4.89. The minimum atomic E-state index is -1.01. The van der Waals surface area contributed by atoms with Gasteiger partial charge in [0.05, 0.1) is 29.5 Å². The molecular weight excluding hydrogens is 1050 g/mol. The number of aromatic carboxylic acids is 2. The van der Waals surface area contributed by atoms with Gasteiger partial charge in [-0.3, -0.25) is 14.5 Å². The Kier molecular flexibility index (Phi) is 23.1. The molecule has 412 valence electrons. The van der Waals surface area contributed by atoms with Gasteiger partial charge in [0.25, 0.3) is 0 Å². The number of para-hydroxylation sites is 2. The van der Waals surface area contributed by atoms with Crippen molar-refractivity contribution in [3.05, 3.63) is 203 Å². The van der Waals surface area contributed by atoms with Gasteiger partial charge in [-0.2, -0.15) is 0 Å². The second-order valence-electron chi connectivity index (χ2n) is 19.5. The lowest BCUT2D eigenvalue weighted by Crippen LogP contribution is -2.65. The highest BCUT2D eigenvalue weighted by atomic mass is 79.9. The number of carboxylic acids is 2. The van der Waals surface area contributed by atoms with E-state index in [1.807, 2.05) is 121 Å². The van der Waals surface area contributed by atoms with Crippen LogP contribution < -0.4 is 10.6 Å². The number of piperidine rings is 6. The minimum Gasteiger partial charge on any atom is -0.478 e. The van der Waals surface area contributed by atoms with Crippen molar-refractivity contribution in [3.8, 4) is 0 Å². The van der Waals surface area contributed by atoms with Crippen LogP contribution in [0, 0.1) is 11.8 Å². The molecule has 0 saturated carbocycles. The highest BCUT2D eigenvalue weighted by Gasteiger charge is 2.49. The SMILES string of the molecule is C.C.C.O=C(O)c1ccc(C(=O)CBr)cc1.O=C(O)c1ccc(C(=O)C[N+]23CCC(CC2)[C@@H](OC(=O)[C@H](Nc2ccccc2)c2ccccc2)C3)cc1.O=C(O[C@H]1CN2CCC1CC2)[C@H](Nc1ccccc1)c1ccccc1. The number of alkyl halides is 1. The number of rotatable bonds is 17. The lowest BCUT2D eigenvalue weighted by atomic mass is 9.82. The first kappa shape index (κ1) is 61.4. The van der Waals surface area contributed by atoms with Crippen LogP contribution in [0.15, 0.2) is 170 Å². The Morgan fingerprint density at radius 2 is 0.885 bits per heavy atom. The number of quaternary nitrogens is 1. The maximum absolute atomic E-state index is 13.5. The van der Waals surface area contributed by atoms with Crippen LogP contribution in [0.5, 0.6) is 0 Å². The Morgan fingerprint density at radius 1 is 0.513 bits per heavy atom. The first-order chi connectivity index (χ1) is 36.4. The number of carbonyl (C=O) groups is 6. The molecule has 15 heteroatoms. The molecule has 6 aromatic carbocycles. The van der Waals surface area contributed by atoms with Crippen molar-refractivity contribution < 1.29 is 52.9 Å². The first-order valence-corrected chi connectivity index (χ1v) is 26.5. The number of carbonyl (C=O) groups excluding carboxylic acids is 4. The Morgan fingerprint density at radius 3 is 1.27 bits per heavy atom. The summed E-state index contributed by atoms with van der Waals surface area (Å²) in [7, 11) is 0. The van der Waals surface area contributed by atoms with Crippen molar-refractivity contribution >= 4 is 62.7 Å². The average molecular weight is 1130 g/mol. The number of ether oxygens (including phenoxy) is 2. The van der Waals surface area contributed by atoms with Crippen molar-refractivity contribution in [2.75, 3.05) is 61.8 Å². The number of hydrogen-bond donors (Lipinski definition) is 4. The highest BCUT2D eigenvalue weighted by Crippen LogP contribution is 2.37. The van der Waals surface area contributed by atoms with Crippen LogP contribution in [0.1, 0.15) is 113 Å². The van der Waals surface area contributed by atoms with Gasteiger partial charge >= 0.3 is 23.9 Å². The monoisotopic (exact) mass is 1130 g/mol. The standard InChI is InChI=1S/C30H30N2O5.C21H24N2O2.C9H7BrO3.3CH4/c33-26(21-11-13-24(14-12-21)29(34)35)19-32-17-15-22(16-18-32)27(20-32)37-30(36)28(23-7-3-1-4-8-23)31-25-9-5-2-6-10-25;24-21(25-19-15-23-13-11-16(19)12-14-23)20(17-7-3-1-4-8-17)22-18-9-5-2-6-10-18;10-5-8(11)6-1-3-7(4-2-6)9(12)13;;;/h1-14,22,27-28,31H,15-20H2;1-10,16,19-20,22H,11-15H2;1-4H,5H2,(H,12,13);3*1H4/p+1/t22?,27-,28+,32?;19-,20+;;;;/m00..../s1. The van der Waals surface area contributed by atoms with E-state index >= 15 is 0 Å². The fourth-order valence-corrected chi connectivity index (χ4v) is 10.7. The van der Waals surface area contributed by atoms with Crippen LogP contribution in [-0.2, 0) is 19.1 Å². The fourth-order valence-electron chi connectivity index (χ4n) is 10.4. The van der Waals surface area contributed by atoms with Crippen LogP contribution in [0.25, 0.3) is 0 Å². The number of carboxylic acid groups (broad SMARTS) is 2. The van der Waals surface area contributed by atoms with E-state index < -0.39 is 24.0 Å². The lowest BCUT2D eigenvalue weighted by molar-refractivity contribution is -0.938. The number of fused-ring (bicyclic) bond motifs is 6. The highest BCUT2D eigenvalue weighted by molar-refractivity contribution is 9.09. The van der Waals surface area contributed by atoms with E-state index in [-0.39, 0.29) is 74.4 Å². The van der Waals surface area contributed by atoms with E-state index in [0.29, 0.717) is 40.5 Å². The van der Waals surface area contributed by atoms with Crippen LogP contribution in [0.3, 0.4) is 0 Å². The second-order valence-corrected chi connectivity index (χ2v) is 20.1. The summed E-state index contributed by atoms with van der Waals surface area (Å²) in [6.07, 6.45) is 3.87.